The molecule has 1 atom stereocenters. The van der Waals surface area contributed by atoms with Gasteiger partial charge in [-0.2, -0.15) is 4.98 Å². The monoisotopic (exact) mass is 239 g/mol. The number of fused-ring (bicyclic) bond motifs is 1. The zero-order valence-electron chi connectivity index (χ0n) is 8.10. The van der Waals surface area contributed by atoms with E-state index in [0.29, 0.717) is 4.34 Å². The van der Waals surface area contributed by atoms with Gasteiger partial charge in [-0.15, -0.1) is 0 Å². The summed E-state index contributed by atoms with van der Waals surface area (Å²) in [6.45, 7) is 1.44. The molecule has 0 fully saturated rings. The third-order valence-corrected chi connectivity index (χ3v) is 4.59. The zero-order chi connectivity index (χ0) is 10.8. The largest absolute Gasteiger partial charge is 0.609 e. The highest BCUT2D eigenvalue weighted by Gasteiger charge is 2.18. The van der Waals surface area contributed by atoms with E-state index in [1.165, 1.54) is 18.3 Å². The Labute approximate surface area is 94.3 Å². The van der Waals surface area contributed by atoms with Crippen molar-refractivity contribution in [2.75, 3.05) is 5.75 Å². The van der Waals surface area contributed by atoms with Crippen molar-refractivity contribution >= 4 is 38.5 Å². The van der Waals surface area contributed by atoms with Crippen LogP contribution in [0.25, 0.3) is 10.2 Å². The van der Waals surface area contributed by atoms with E-state index in [4.69, 9.17) is 0 Å². The molecule has 0 aliphatic rings. The Morgan fingerprint density at radius 1 is 1.53 bits per heavy atom. The van der Waals surface area contributed by atoms with Crippen LogP contribution < -0.4 is 0 Å². The SMILES string of the molecule is CC(=O)C[S+]([O-])c1nc2ccccc2s1. The standard InChI is InChI=1S/C10H9NO2S2/c1-7(12)6-15(13)10-11-8-4-2-3-5-9(8)14-10/h2-5H,6H2,1H3. The summed E-state index contributed by atoms with van der Waals surface area (Å²) in [6.07, 6.45) is 0. The van der Waals surface area contributed by atoms with Crippen LogP contribution in [0, 0.1) is 0 Å². The van der Waals surface area contributed by atoms with Gasteiger partial charge in [0.25, 0.3) is 0 Å². The number of nitrogens with zero attached hydrogens (tertiary/aromatic N) is 1. The van der Waals surface area contributed by atoms with Crippen molar-refractivity contribution in [3.63, 3.8) is 0 Å². The summed E-state index contributed by atoms with van der Waals surface area (Å²) in [5.41, 5.74) is 0.842. The molecule has 2 aromatic rings. The Balaban J connectivity index is 2.32. The van der Waals surface area contributed by atoms with E-state index >= 15 is 0 Å². The lowest BCUT2D eigenvalue weighted by Crippen LogP contribution is -2.12. The number of hydrogen-bond acceptors (Lipinski definition) is 4. The smallest absolute Gasteiger partial charge is 0.303 e. The van der Waals surface area contributed by atoms with E-state index in [1.807, 2.05) is 24.3 Å². The number of thiazole rings is 1. The van der Waals surface area contributed by atoms with Crippen molar-refractivity contribution in [3.05, 3.63) is 24.3 Å². The maximum Gasteiger partial charge on any atom is 0.303 e. The minimum atomic E-state index is -1.29. The quantitative estimate of drug-likeness (QED) is 0.770. The first kappa shape index (κ1) is 10.6. The summed E-state index contributed by atoms with van der Waals surface area (Å²) in [4.78, 5) is 15.1. The van der Waals surface area contributed by atoms with Gasteiger partial charge < -0.3 is 4.55 Å². The Morgan fingerprint density at radius 2 is 2.27 bits per heavy atom. The van der Waals surface area contributed by atoms with E-state index in [1.54, 1.807) is 0 Å². The Hall–Kier alpha value is -0.910. The predicted octanol–water partition coefficient (Wildman–Crippen LogP) is 1.99. The van der Waals surface area contributed by atoms with Crippen LogP contribution in [0.5, 0.6) is 0 Å². The maximum absolute atomic E-state index is 11.7. The molecule has 1 aromatic carbocycles. The van der Waals surface area contributed by atoms with Crippen LogP contribution in [0.15, 0.2) is 28.6 Å². The molecular weight excluding hydrogens is 230 g/mol. The van der Waals surface area contributed by atoms with Crippen LogP contribution in [0.2, 0.25) is 0 Å². The maximum atomic E-state index is 11.7. The van der Waals surface area contributed by atoms with Crippen molar-refractivity contribution < 1.29 is 9.35 Å². The number of aromatic nitrogens is 1. The van der Waals surface area contributed by atoms with Crippen molar-refractivity contribution in [2.24, 2.45) is 0 Å². The lowest BCUT2D eigenvalue weighted by atomic mass is 10.3. The first-order valence-electron chi connectivity index (χ1n) is 4.40. The average Bonchev–Trinajstić information content (AvgIpc) is 2.59. The van der Waals surface area contributed by atoms with Crippen LogP contribution in [-0.4, -0.2) is 21.1 Å². The van der Waals surface area contributed by atoms with Gasteiger partial charge in [0.2, 0.25) is 0 Å². The number of rotatable bonds is 3. The first-order chi connectivity index (χ1) is 7.16. The van der Waals surface area contributed by atoms with Crippen LogP contribution in [0.1, 0.15) is 6.92 Å². The summed E-state index contributed by atoms with van der Waals surface area (Å²) in [7, 11) is 0. The fraction of sp³-hybridized carbons (Fsp3) is 0.200. The van der Waals surface area contributed by atoms with Gasteiger partial charge in [0, 0.05) is 11.2 Å². The van der Waals surface area contributed by atoms with Gasteiger partial charge in [-0.25, -0.2) is 0 Å². The lowest BCUT2D eigenvalue weighted by Gasteiger charge is -2.02. The molecule has 0 radical (unpaired) electrons. The Bertz CT molecular complexity index is 462. The molecule has 3 nitrogen and oxygen atoms in total. The summed E-state index contributed by atoms with van der Waals surface area (Å²) in [5, 5.41) is 0. The van der Waals surface area contributed by atoms with Gasteiger partial charge >= 0.3 is 4.34 Å². The fourth-order valence-corrected chi connectivity index (χ4v) is 3.40. The molecule has 1 heterocycles. The molecule has 1 unspecified atom stereocenters. The summed E-state index contributed by atoms with van der Waals surface area (Å²) >= 11 is 0.0956. The van der Waals surface area contributed by atoms with Crippen LogP contribution in [0.4, 0.5) is 0 Å². The highest BCUT2D eigenvalue weighted by atomic mass is 32.2. The molecular formula is C10H9NO2S2. The van der Waals surface area contributed by atoms with Gasteiger partial charge in [-0.3, -0.25) is 4.79 Å². The number of carbonyl (C=O) groups is 1. The summed E-state index contributed by atoms with van der Waals surface area (Å²) in [5.74, 6) is -0.0209. The van der Waals surface area contributed by atoms with Crippen LogP contribution in [-0.2, 0) is 16.0 Å². The predicted molar refractivity (Wildman–Crippen MR) is 61.6 cm³/mol. The second-order valence-corrected chi connectivity index (χ2v) is 5.79. The molecule has 0 amide bonds. The molecule has 15 heavy (non-hydrogen) atoms. The van der Waals surface area contributed by atoms with Crippen LogP contribution in [0.3, 0.4) is 0 Å². The second kappa shape index (κ2) is 4.30. The van der Waals surface area contributed by atoms with Gasteiger partial charge in [0.1, 0.15) is 0 Å². The molecule has 0 aliphatic heterocycles. The van der Waals surface area contributed by atoms with Gasteiger partial charge in [0.05, 0.1) is 10.2 Å². The van der Waals surface area contributed by atoms with Crippen molar-refractivity contribution in [2.45, 2.75) is 11.3 Å². The fourth-order valence-electron chi connectivity index (χ4n) is 1.19. The highest BCUT2D eigenvalue weighted by molar-refractivity contribution is 7.94. The summed E-state index contributed by atoms with van der Waals surface area (Å²) in [6, 6.07) is 7.61. The number of ketones is 1. The average molecular weight is 239 g/mol. The minimum Gasteiger partial charge on any atom is -0.609 e. The Morgan fingerprint density at radius 3 is 2.93 bits per heavy atom. The normalized spacial score (nSPS) is 12.9. The van der Waals surface area contributed by atoms with E-state index in [9.17, 15) is 9.35 Å². The Kier molecular flexibility index (Phi) is 3.04. The lowest BCUT2D eigenvalue weighted by molar-refractivity contribution is -0.114. The van der Waals surface area contributed by atoms with E-state index in [2.05, 4.69) is 4.98 Å². The molecule has 5 heteroatoms. The van der Waals surface area contributed by atoms with E-state index < -0.39 is 11.2 Å². The molecule has 78 valence electrons. The van der Waals surface area contributed by atoms with E-state index in [-0.39, 0.29) is 11.5 Å². The molecule has 0 aliphatic carbocycles. The molecule has 1 aromatic heterocycles. The number of benzene rings is 1. The van der Waals surface area contributed by atoms with E-state index in [0.717, 1.165) is 10.2 Å². The topological polar surface area (TPSA) is 53.0 Å². The van der Waals surface area contributed by atoms with Crippen molar-refractivity contribution in [1.82, 2.24) is 4.98 Å². The molecule has 0 saturated carbocycles. The van der Waals surface area contributed by atoms with Gasteiger partial charge in [-0.05, 0) is 19.1 Å². The van der Waals surface area contributed by atoms with Crippen molar-refractivity contribution in [1.29, 1.82) is 0 Å². The molecule has 2 rings (SSSR count). The number of Topliss-reactive ketones (excluding diaryl/α,β-unsaturated/α-hetero) is 1. The van der Waals surface area contributed by atoms with Crippen LogP contribution >= 0.6 is 11.3 Å². The second-order valence-electron chi connectivity index (χ2n) is 3.14. The molecule has 0 spiro atoms. The minimum absolute atomic E-state index is 0.0554. The number of para-hydroxylation sites is 1. The number of carbonyl (C=O) groups excluding carboxylic acids is 1. The molecule has 0 N–H and O–H groups in total. The molecule has 0 bridgehead atoms. The van der Waals surface area contributed by atoms with Crippen molar-refractivity contribution in [3.8, 4) is 0 Å². The van der Waals surface area contributed by atoms with Gasteiger partial charge in [0.15, 0.2) is 11.5 Å². The summed E-state index contributed by atoms with van der Waals surface area (Å²) < 4.78 is 13.2. The highest BCUT2D eigenvalue weighted by Crippen LogP contribution is 2.25. The first-order valence-corrected chi connectivity index (χ1v) is 6.54. The molecule has 0 saturated heterocycles. The third kappa shape index (κ3) is 2.37. The zero-order valence-corrected chi connectivity index (χ0v) is 9.73. The van der Waals surface area contributed by atoms with Gasteiger partial charge in [-0.1, -0.05) is 23.5 Å². The third-order valence-electron chi connectivity index (χ3n) is 1.80. The number of hydrogen-bond donors (Lipinski definition) is 0.